The molecule has 2 amide bonds. The van der Waals surface area contributed by atoms with Gasteiger partial charge in [-0.05, 0) is 65.2 Å². The summed E-state index contributed by atoms with van der Waals surface area (Å²) in [5, 5.41) is 5.70. The second kappa shape index (κ2) is 10.1. The smallest absolute Gasteiger partial charge is 0.255 e. The van der Waals surface area contributed by atoms with Gasteiger partial charge in [0, 0.05) is 23.4 Å². The summed E-state index contributed by atoms with van der Waals surface area (Å²) in [6.45, 7) is 6.46. The van der Waals surface area contributed by atoms with Gasteiger partial charge in [0.15, 0.2) is 0 Å². The van der Waals surface area contributed by atoms with Gasteiger partial charge in [0.25, 0.3) is 5.91 Å². The van der Waals surface area contributed by atoms with E-state index in [2.05, 4.69) is 33.5 Å². The van der Waals surface area contributed by atoms with Crippen LogP contribution in [0.4, 0.5) is 11.4 Å². The van der Waals surface area contributed by atoms with E-state index in [1.165, 1.54) is 0 Å². The van der Waals surface area contributed by atoms with Crippen LogP contribution in [0.1, 0.15) is 49.0 Å². The van der Waals surface area contributed by atoms with Gasteiger partial charge < -0.3 is 15.4 Å². The molecule has 6 heteroatoms. The van der Waals surface area contributed by atoms with E-state index in [1.807, 2.05) is 19.1 Å². The second-order valence-electron chi connectivity index (χ2n) is 6.23. The first kappa shape index (κ1) is 21.0. The van der Waals surface area contributed by atoms with E-state index >= 15 is 0 Å². The molecule has 2 aromatic carbocycles. The Hall–Kier alpha value is -2.34. The molecule has 144 valence electrons. The average Bonchev–Trinajstić information content (AvgIpc) is 2.65. The number of hydrogen-bond donors (Lipinski definition) is 2. The van der Waals surface area contributed by atoms with Gasteiger partial charge in [-0.1, -0.05) is 26.3 Å². The van der Waals surface area contributed by atoms with Gasteiger partial charge in [-0.25, -0.2) is 0 Å². The summed E-state index contributed by atoms with van der Waals surface area (Å²) in [7, 11) is 0. The molecule has 0 aliphatic carbocycles. The van der Waals surface area contributed by atoms with Crippen LogP contribution < -0.4 is 15.4 Å². The number of rotatable bonds is 8. The van der Waals surface area contributed by atoms with Crippen LogP contribution in [0.5, 0.6) is 5.75 Å². The second-order valence-corrected chi connectivity index (χ2v) is 7.09. The topological polar surface area (TPSA) is 67.4 Å². The molecule has 0 spiro atoms. The van der Waals surface area contributed by atoms with Crippen LogP contribution in [0.15, 0.2) is 40.9 Å². The minimum absolute atomic E-state index is 0.0656. The number of carbonyl (C=O) groups is 2. The molecule has 0 heterocycles. The molecule has 0 aromatic heterocycles. The quantitative estimate of drug-likeness (QED) is 0.538. The molecule has 27 heavy (non-hydrogen) atoms. The molecule has 0 fully saturated rings. The van der Waals surface area contributed by atoms with Crippen LogP contribution in [0.25, 0.3) is 0 Å². The third-order valence-electron chi connectivity index (χ3n) is 4.04. The number of ether oxygens (including phenoxy) is 1. The normalized spacial score (nSPS) is 10.4. The number of hydrogen-bond acceptors (Lipinski definition) is 3. The van der Waals surface area contributed by atoms with E-state index < -0.39 is 0 Å². The first-order chi connectivity index (χ1) is 12.9. The Morgan fingerprint density at radius 3 is 2.52 bits per heavy atom. The highest BCUT2D eigenvalue weighted by atomic mass is 79.9. The van der Waals surface area contributed by atoms with Crippen LogP contribution in [0.3, 0.4) is 0 Å². The van der Waals surface area contributed by atoms with Gasteiger partial charge in [0.1, 0.15) is 5.75 Å². The van der Waals surface area contributed by atoms with E-state index in [0.717, 1.165) is 28.6 Å². The molecular formula is C21H25BrN2O3. The maximum absolute atomic E-state index is 12.6. The summed E-state index contributed by atoms with van der Waals surface area (Å²) in [6.07, 6.45) is 2.45. The van der Waals surface area contributed by atoms with Gasteiger partial charge >= 0.3 is 0 Å². The lowest BCUT2D eigenvalue weighted by atomic mass is 10.1. The highest BCUT2D eigenvalue weighted by Crippen LogP contribution is 2.27. The summed E-state index contributed by atoms with van der Waals surface area (Å²) < 4.78 is 6.43. The Morgan fingerprint density at radius 1 is 1.07 bits per heavy atom. The minimum atomic E-state index is -0.229. The molecule has 5 nitrogen and oxygen atoms in total. The number of nitrogens with one attached hydrogen (secondary N) is 2. The molecular weight excluding hydrogens is 408 g/mol. The van der Waals surface area contributed by atoms with Gasteiger partial charge in [-0.2, -0.15) is 0 Å². The fraction of sp³-hybridized carbons (Fsp3) is 0.333. The Bertz CT molecular complexity index is 821. The van der Waals surface area contributed by atoms with Gasteiger partial charge in [0.2, 0.25) is 5.91 Å². The monoisotopic (exact) mass is 432 g/mol. The van der Waals surface area contributed by atoms with Crippen molar-refractivity contribution in [3.05, 3.63) is 52.0 Å². The zero-order valence-electron chi connectivity index (χ0n) is 15.9. The van der Waals surface area contributed by atoms with Crippen LogP contribution in [-0.2, 0) is 4.79 Å². The summed E-state index contributed by atoms with van der Waals surface area (Å²) in [6, 6.07) is 10.7. The fourth-order valence-corrected chi connectivity index (χ4v) is 2.86. The van der Waals surface area contributed by atoms with Gasteiger partial charge in [-0.15, -0.1) is 0 Å². The lowest BCUT2D eigenvalue weighted by Crippen LogP contribution is -2.14. The highest BCUT2D eigenvalue weighted by molar-refractivity contribution is 9.10. The van der Waals surface area contributed by atoms with Crippen molar-refractivity contribution >= 4 is 39.1 Å². The number of benzene rings is 2. The van der Waals surface area contributed by atoms with E-state index in [4.69, 9.17) is 4.74 Å². The molecule has 0 unspecified atom stereocenters. The molecule has 0 bridgehead atoms. The molecule has 0 saturated carbocycles. The van der Waals surface area contributed by atoms with Gasteiger partial charge in [0.05, 0.1) is 11.1 Å². The molecule has 2 rings (SSSR count). The Kier molecular flexibility index (Phi) is 7.85. The highest BCUT2D eigenvalue weighted by Gasteiger charge is 2.11. The van der Waals surface area contributed by atoms with E-state index in [0.29, 0.717) is 30.0 Å². The van der Waals surface area contributed by atoms with Crippen molar-refractivity contribution in [1.82, 2.24) is 0 Å². The first-order valence-electron chi connectivity index (χ1n) is 9.08. The zero-order chi connectivity index (χ0) is 19.8. The molecule has 0 saturated heterocycles. The molecule has 0 radical (unpaired) electrons. The van der Waals surface area contributed by atoms with Crippen molar-refractivity contribution in [3.63, 3.8) is 0 Å². The number of halogens is 1. The standard InChI is InChI=1S/C21H25BrN2O3/c1-4-6-11-27-19-10-8-15(12-17(19)22)21(26)23-16-9-7-14(3)18(13-16)24-20(25)5-2/h7-10,12-13H,4-6,11H2,1-3H3,(H,23,26)(H,24,25). The predicted molar refractivity (Wildman–Crippen MR) is 113 cm³/mol. The number of amides is 2. The number of anilines is 2. The predicted octanol–water partition coefficient (Wildman–Crippen LogP) is 5.54. The van der Waals surface area contributed by atoms with Crippen molar-refractivity contribution in [2.24, 2.45) is 0 Å². The summed E-state index contributed by atoms with van der Waals surface area (Å²) in [5.41, 5.74) is 2.77. The number of carbonyl (C=O) groups excluding carboxylic acids is 2. The van der Waals surface area contributed by atoms with Crippen LogP contribution in [0, 0.1) is 6.92 Å². The van der Waals surface area contributed by atoms with E-state index in [9.17, 15) is 9.59 Å². The zero-order valence-corrected chi connectivity index (χ0v) is 17.5. The Balaban J connectivity index is 2.09. The van der Waals surface area contributed by atoms with Crippen molar-refractivity contribution in [3.8, 4) is 5.75 Å². The molecule has 0 atom stereocenters. The van der Waals surface area contributed by atoms with Crippen molar-refractivity contribution in [2.45, 2.75) is 40.0 Å². The molecule has 2 N–H and O–H groups in total. The SMILES string of the molecule is CCCCOc1ccc(C(=O)Nc2ccc(C)c(NC(=O)CC)c2)cc1Br. The molecule has 2 aromatic rings. The van der Waals surface area contributed by atoms with Crippen LogP contribution in [0.2, 0.25) is 0 Å². The third-order valence-corrected chi connectivity index (χ3v) is 4.66. The maximum atomic E-state index is 12.6. The minimum Gasteiger partial charge on any atom is -0.492 e. The molecule has 0 aliphatic heterocycles. The van der Waals surface area contributed by atoms with Gasteiger partial charge in [-0.3, -0.25) is 9.59 Å². The number of unbranched alkanes of at least 4 members (excludes halogenated alkanes) is 1. The molecule has 0 aliphatic rings. The lowest BCUT2D eigenvalue weighted by molar-refractivity contribution is -0.115. The first-order valence-corrected chi connectivity index (χ1v) is 9.88. The summed E-state index contributed by atoms with van der Waals surface area (Å²) in [5.74, 6) is 0.427. The fourth-order valence-electron chi connectivity index (χ4n) is 2.36. The lowest BCUT2D eigenvalue weighted by Gasteiger charge is -2.12. The Labute approximate surface area is 168 Å². The van der Waals surface area contributed by atoms with Crippen LogP contribution >= 0.6 is 15.9 Å². The summed E-state index contributed by atoms with van der Waals surface area (Å²) in [4.78, 5) is 24.2. The van der Waals surface area contributed by atoms with Crippen molar-refractivity contribution in [2.75, 3.05) is 17.2 Å². The third kappa shape index (κ3) is 6.10. The maximum Gasteiger partial charge on any atom is 0.255 e. The summed E-state index contributed by atoms with van der Waals surface area (Å²) >= 11 is 3.46. The largest absolute Gasteiger partial charge is 0.492 e. The Morgan fingerprint density at radius 2 is 1.85 bits per heavy atom. The average molecular weight is 433 g/mol. The van der Waals surface area contributed by atoms with Crippen molar-refractivity contribution in [1.29, 1.82) is 0 Å². The number of aryl methyl sites for hydroxylation is 1. The van der Waals surface area contributed by atoms with E-state index in [1.54, 1.807) is 31.2 Å². The van der Waals surface area contributed by atoms with Crippen LogP contribution in [-0.4, -0.2) is 18.4 Å². The van der Waals surface area contributed by atoms with Crippen molar-refractivity contribution < 1.29 is 14.3 Å². The van der Waals surface area contributed by atoms with E-state index in [-0.39, 0.29) is 11.8 Å².